The van der Waals surface area contributed by atoms with E-state index in [1.54, 1.807) is 0 Å². The number of aromatic nitrogens is 1. The van der Waals surface area contributed by atoms with Crippen molar-refractivity contribution in [1.82, 2.24) is 4.98 Å². The van der Waals surface area contributed by atoms with Gasteiger partial charge in [-0.3, -0.25) is 4.98 Å². The maximum atomic E-state index is 5.65. The van der Waals surface area contributed by atoms with Gasteiger partial charge in [0.25, 0.3) is 0 Å². The van der Waals surface area contributed by atoms with Crippen LogP contribution in [0.5, 0.6) is 5.75 Å². The van der Waals surface area contributed by atoms with E-state index in [1.165, 1.54) is 40.8 Å². The summed E-state index contributed by atoms with van der Waals surface area (Å²) in [4.78, 5) is 4.59. The van der Waals surface area contributed by atoms with Gasteiger partial charge < -0.3 is 4.74 Å². The molecule has 0 aliphatic heterocycles. The van der Waals surface area contributed by atoms with E-state index in [-0.39, 0.29) is 0 Å². The minimum Gasteiger partial charge on any atom is -0.494 e. The van der Waals surface area contributed by atoms with Crippen LogP contribution in [0.1, 0.15) is 38.8 Å². The van der Waals surface area contributed by atoms with Gasteiger partial charge in [0, 0.05) is 17.5 Å². The summed E-state index contributed by atoms with van der Waals surface area (Å²) in [5, 5.41) is 0. The lowest BCUT2D eigenvalue weighted by Crippen LogP contribution is -1.94. The van der Waals surface area contributed by atoms with E-state index in [2.05, 4.69) is 67.4 Å². The first kappa shape index (κ1) is 18.2. The summed E-state index contributed by atoms with van der Waals surface area (Å²) < 4.78 is 5.65. The first-order chi connectivity index (χ1) is 12.8. The third-order valence-electron chi connectivity index (χ3n) is 4.49. The van der Waals surface area contributed by atoms with Gasteiger partial charge in [0.2, 0.25) is 0 Å². The van der Waals surface area contributed by atoms with Crippen LogP contribution < -0.4 is 4.74 Å². The summed E-state index contributed by atoms with van der Waals surface area (Å²) in [6, 6.07) is 21.3. The van der Waals surface area contributed by atoms with Crippen LogP contribution in [0.15, 0.2) is 66.9 Å². The van der Waals surface area contributed by atoms with Gasteiger partial charge in [-0.25, -0.2) is 0 Å². The molecule has 26 heavy (non-hydrogen) atoms. The average molecular weight is 345 g/mol. The summed E-state index contributed by atoms with van der Waals surface area (Å²) >= 11 is 0. The van der Waals surface area contributed by atoms with E-state index >= 15 is 0 Å². The lowest BCUT2D eigenvalue weighted by Gasteiger charge is -2.08. The second-order valence-electron chi connectivity index (χ2n) is 6.59. The lowest BCUT2D eigenvalue weighted by atomic mass is 10.0. The van der Waals surface area contributed by atoms with Crippen molar-refractivity contribution in [3.63, 3.8) is 0 Å². The van der Waals surface area contributed by atoms with Gasteiger partial charge in [-0.05, 0) is 54.2 Å². The molecule has 1 aromatic heterocycles. The number of nitrogens with zero attached hydrogens (tertiary/aromatic N) is 1. The zero-order valence-electron chi connectivity index (χ0n) is 15.7. The van der Waals surface area contributed by atoms with Crippen LogP contribution in [0.4, 0.5) is 0 Å². The highest BCUT2D eigenvalue weighted by Gasteiger charge is 2.02. The van der Waals surface area contributed by atoms with Gasteiger partial charge in [0.05, 0.1) is 6.61 Å². The van der Waals surface area contributed by atoms with Crippen molar-refractivity contribution >= 4 is 0 Å². The number of hydrogen-bond acceptors (Lipinski definition) is 2. The summed E-state index contributed by atoms with van der Waals surface area (Å²) in [5.74, 6) is 0.932. The second kappa shape index (κ2) is 9.19. The van der Waals surface area contributed by atoms with Gasteiger partial charge in [-0.2, -0.15) is 0 Å². The van der Waals surface area contributed by atoms with Crippen LogP contribution in [0.2, 0.25) is 0 Å². The highest BCUT2D eigenvalue weighted by molar-refractivity contribution is 5.70. The largest absolute Gasteiger partial charge is 0.494 e. The monoisotopic (exact) mass is 345 g/mol. The van der Waals surface area contributed by atoms with Gasteiger partial charge in [0.15, 0.2) is 0 Å². The lowest BCUT2D eigenvalue weighted by molar-refractivity contribution is 0.317. The summed E-state index contributed by atoms with van der Waals surface area (Å²) in [7, 11) is 0. The number of ether oxygens (including phenoxy) is 1. The molecule has 0 spiro atoms. The molecule has 0 amide bonds. The summed E-state index contributed by atoms with van der Waals surface area (Å²) in [6.45, 7) is 5.09. The smallest absolute Gasteiger partial charge is 0.119 e. The number of rotatable bonds is 8. The Labute approximate surface area is 156 Å². The molecule has 0 radical (unpaired) electrons. The molecule has 0 bridgehead atoms. The Bertz CT molecular complexity index is 719. The Morgan fingerprint density at radius 1 is 0.692 bits per heavy atom. The predicted molar refractivity (Wildman–Crippen MR) is 110 cm³/mol. The maximum Gasteiger partial charge on any atom is 0.119 e. The molecule has 3 rings (SSSR count). The standard InChI is InChI=1S/C24H27NO/c1-3-5-6-23-14-11-22(18-25-23)21-9-7-19(8-10-21)20-12-15-24(16-13-20)26-17-4-2/h7-16,18H,3-6,17H2,1-2H3. The molecule has 3 aromatic rings. The Morgan fingerprint density at radius 3 is 1.81 bits per heavy atom. The molecule has 0 unspecified atom stereocenters. The molecule has 0 N–H and O–H groups in total. The molecule has 1 heterocycles. The topological polar surface area (TPSA) is 22.1 Å². The minimum atomic E-state index is 0.763. The van der Waals surface area contributed by atoms with Gasteiger partial charge >= 0.3 is 0 Å². The van der Waals surface area contributed by atoms with Crippen molar-refractivity contribution < 1.29 is 4.74 Å². The SMILES string of the molecule is CCCCc1ccc(-c2ccc(-c3ccc(OCCC)cc3)cc2)cn1. The Hall–Kier alpha value is -2.61. The first-order valence-electron chi connectivity index (χ1n) is 9.58. The minimum absolute atomic E-state index is 0.763. The maximum absolute atomic E-state index is 5.65. The van der Waals surface area contributed by atoms with E-state index in [0.717, 1.165) is 25.2 Å². The first-order valence-corrected chi connectivity index (χ1v) is 9.58. The molecule has 0 aliphatic carbocycles. The molecule has 2 heteroatoms. The highest BCUT2D eigenvalue weighted by atomic mass is 16.5. The Kier molecular flexibility index (Phi) is 6.43. The highest BCUT2D eigenvalue weighted by Crippen LogP contribution is 2.26. The van der Waals surface area contributed by atoms with Gasteiger partial charge in [0.1, 0.15) is 5.75 Å². The molecule has 134 valence electrons. The molecule has 0 aliphatic rings. The third-order valence-corrected chi connectivity index (χ3v) is 4.49. The molecule has 0 atom stereocenters. The van der Waals surface area contributed by atoms with Crippen molar-refractivity contribution in [2.75, 3.05) is 6.61 Å². The molecule has 2 aromatic carbocycles. The van der Waals surface area contributed by atoms with Crippen molar-refractivity contribution in [3.05, 3.63) is 72.6 Å². The van der Waals surface area contributed by atoms with Crippen LogP contribution in [0.25, 0.3) is 22.3 Å². The average Bonchev–Trinajstić information content (AvgIpc) is 2.72. The Balaban J connectivity index is 1.69. The summed E-state index contributed by atoms with van der Waals surface area (Å²) in [5.41, 5.74) is 5.96. The fraction of sp³-hybridized carbons (Fsp3) is 0.292. The van der Waals surface area contributed by atoms with E-state index in [9.17, 15) is 0 Å². The van der Waals surface area contributed by atoms with Crippen molar-refractivity contribution in [1.29, 1.82) is 0 Å². The molecule has 2 nitrogen and oxygen atoms in total. The van der Waals surface area contributed by atoms with E-state index in [0.29, 0.717) is 0 Å². The van der Waals surface area contributed by atoms with Crippen molar-refractivity contribution in [2.45, 2.75) is 39.5 Å². The number of hydrogen-bond donors (Lipinski definition) is 0. The van der Waals surface area contributed by atoms with Crippen molar-refractivity contribution in [2.24, 2.45) is 0 Å². The number of pyridine rings is 1. The number of aryl methyl sites for hydroxylation is 1. The van der Waals surface area contributed by atoms with Gasteiger partial charge in [-0.15, -0.1) is 0 Å². The number of unbranched alkanes of at least 4 members (excludes halogenated alkanes) is 1. The van der Waals surface area contributed by atoms with Crippen LogP contribution in [-0.2, 0) is 6.42 Å². The zero-order valence-corrected chi connectivity index (χ0v) is 15.7. The van der Waals surface area contributed by atoms with E-state index in [4.69, 9.17) is 4.74 Å². The molecule has 0 saturated carbocycles. The second-order valence-corrected chi connectivity index (χ2v) is 6.59. The van der Waals surface area contributed by atoms with E-state index in [1.807, 2.05) is 18.3 Å². The Morgan fingerprint density at radius 2 is 1.27 bits per heavy atom. The molecule has 0 fully saturated rings. The van der Waals surface area contributed by atoms with Crippen LogP contribution >= 0.6 is 0 Å². The molecular weight excluding hydrogens is 318 g/mol. The van der Waals surface area contributed by atoms with Crippen LogP contribution in [0.3, 0.4) is 0 Å². The molecule has 0 saturated heterocycles. The quantitative estimate of drug-likeness (QED) is 0.462. The van der Waals surface area contributed by atoms with Crippen LogP contribution in [0, 0.1) is 0 Å². The number of benzene rings is 2. The fourth-order valence-electron chi connectivity index (χ4n) is 2.92. The van der Waals surface area contributed by atoms with Crippen LogP contribution in [-0.4, -0.2) is 11.6 Å². The fourth-order valence-corrected chi connectivity index (χ4v) is 2.92. The normalized spacial score (nSPS) is 10.7. The zero-order chi connectivity index (χ0) is 18.2. The molecular formula is C24H27NO. The summed E-state index contributed by atoms with van der Waals surface area (Å²) in [6.07, 6.45) is 6.48. The van der Waals surface area contributed by atoms with Gasteiger partial charge in [-0.1, -0.05) is 62.7 Å². The van der Waals surface area contributed by atoms with Crippen molar-refractivity contribution in [3.8, 4) is 28.0 Å². The third kappa shape index (κ3) is 4.72. The van der Waals surface area contributed by atoms with E-state index < -0.39 is 0 Å². The predicted octanol–water partition coefficient (Wildman–Crippen LogP) is 6.55.